The molecule has 17 heavy (non-hydrogen) atoms. The standard InChI is InChI=1S/C13H17N3O/c1-9-13(10-4-3-7-14-8-10)15-11-5-2-6-12(17)16(9)11/h2,5-6,10,14-15H,3-4,7-8H2,1H3. The number of rotatable bonds is 1. The first kappa shape index (κ1) is 10.6. The number of hydrogen-bond donors (Lipinski definition) is 2. The van der Waals surface area contributed by atoms with Crippen LogP contribution in [0.4, 0.5) is 0 Å². The van der Waals surface area contributed by atoms with Gasteiger partial charge in [-0.15, -0.1) is 0 Å². The van der Waals surface area contributed by atoms with Gasteiger partial charge < -0.3 is 10.3 Å². The van der Waals surface area contributed by atoms with Crippen molar-refractivity contribution >= 4 is 5.65 Å². The molecule has 90 valence electrons. The van der Waals surface area contributed by atoms with Gasteiger partial charge in [-0.3, -0.25) is 9.20 Å². The van der Waals surface area contributed by atoms with Gasteiger partial charge in [-0.1, -0.05) is 6.07 Å². The number of H-pyrrole nitrogens is 1. The summed E-state index contributed by atoms with van der Waals surface area (Å²) in [7, 11) is 0. The van der Waals surface area contributed by atoms with Crippen LogP contribution in [0.25, 0.3) is 5.65 Å². The normalized spacial score (nSPS) is 20.9. The SMILES string of the molecule is Cc1c(C2CCCNC2)[nH]c2cccc(=O)n12. The van der Waals surface area contributed by atoms with Crippen molar-refractivity contribution in [3.8, 4) is 0 Å². The van der Waals surface area contributed by atoms with E-state index in [1.807, 2.05) is 13.0 Å². The maximum absolute atomic E-state index is 11.8. The molecular formula is C13H17N3O. The zero-order chi connectivity index (χ0) is 11.8. The second-order valence-electron chi connectivity index (χ2n) is 4.75. The molecule has 0 saturated carbocycles. The zero-order valence-electron chi connectivity index (χ0n) is 9.99. The van der Waals surface area contributed by atoms with Crippen LogP contribution in [-0.4, -0.2) is 22.5 Å². The fraction of sp³-hybridized carbons (Fsp3) is 0.462. The molecule has 1 fully saturated rings. The molecule has 2 aromatic rings. The summed E-state index contributed by atoms with van der Waals surface area (Å²) < 4.78 is 1.77. The van der Waals surface area contributed by atoms with E-state index in [-0.39, 0.29) is 5.56 Å². The highest BCUT2D eigenvalue weighted by Gasteiger charge is 2.20. The van der Waals surface area contributed by atoms with E-state index < -0.39 is 0 Å². The summed E-state index contributed by atoms with van der Waals surface area (Å²) >= 11 is 0. The molecule has 1 aliphatic rings. The third-order valence-electron chi connectivity index (χ3n) is 3.65. The fourth-order valence-electron chi connectivity index (χ4n) is 2.78. The smallest absolute Gasteiger partial charge is 0.256 e. The van der Waals surface area contributed by atoms with E-state index in [9.17, 15) is 4.79 Å². The molecule has 4 nitrogen and oxygen atoms in total. The van der Waals surface area contributed by atoms with Crippen molar-refractivity contribution in [2.75, 3.05) is 13.1 Å². The van der Waals surface area contributed by atoms with Gasteiger partial charge in [0.05, 0.1) is 0 Å². The molecule has 2 N–H and O–H groups in total. The van der Waals surface area contributed by atoms with Gasteiger partial charge in [-0.25, -0.2) is 0 Å². The first-order valence-corrected chi connectivity index (χ1v) is 6.18. The van der Waals surface area contributed by atoms with Crippen molar-refractivity contribution in [2.24, 2.45) is 0 Å². The van der Waals surface area contributed by atoms with Crippen molar-refractivity contribution in [2.45, 2.75) is 25.7 Å². The molecule has 1 unspecified atom stereocenters. The lowest BCUT2D eigenvalue weighted by Crippen LogP contribution is -2.29. The molecule has 0 amide bonds. The number of imidazole rings is 1. The minimum absolute atomic E-state index is 0.0475. The zero-order valence-corrected chi connectivity index (χ0v) is 9.99. The van der Waals surface area contributed by atoms with Crippen molar-refractivity contribution in [1.82, 2.24) is 14.7 Å². The summed E-state index contributed by atoms with van der Waals surface area (Å²) in [6.07, 6.45) is 2.39. The highest BCUT2D eigenvalue weighted by atomic mass is 16.1. The number of fused-ring (bicyclic) bond motifs is 1. The summed E-state index contributed by atoms with van der Waals surface area (Å²) in [5.74, 6) is 0.503. The third-order valence-corrected chi connectivity index (χ3v) is 3.65. The molecule has 1 saturated heterocycles. The number of aryl methyl sites for hydroxylation is 1. The maximum Gasteiger partial charge on any atom is 0.256 e. The molecule has 0 aromatic carbocycles. The molecule has 3 rings (SSSR count). The van der Waals surface area contributed by atoms with Gasteiger partial charge in [0.15, 0.2) is 0 Å². The lowest BCUT2D eigenvalue weighted by Gasteiger charge is -2.22. The van der Waals surface area contributed by atoms with Crippen LogP contribution in [0.3, 0.4) is 0 Å². The Kier molecular flexibility index (Phi) is 2.52. The van der Waals surface area contributed by atoms with Crippen LogP contribution in [0.15, 0.2) is 23.0 Å². The fourth-order valence-corrected chi connectivity index (χ4v) is 2.78. The van der Waals surface area contributed by atoms with Crippen LogP contribution >= 0.6 is 0 Å². The second kappa shape index (κ2) is 4.04. The Bertz CT molecular complexity index is 590. The summed E-state index contributed by atoms with van der Waals surface area (Å²) in [6.45, 7) is 4.13. The van der Waals surface area contributed by atoms with Crippen LogP contribution < -0.4 is 10.9 Å². The number of aromatic amines is 1. The van der Waals surface area contributed by atoms with E-state index in [4.69, 9.17) is 0 Å². The van der Waals surface area contributed by atoms with Crippen molar-refractivity contribution in [1.29, 1.82) is 0 Å². The molecule has 0 spiro atoms. The second-order valence-corrected chi connectivity index (χ2v) is 4.75. The van der Waals surface area contributed by atoms with Crippen LogP contribution in [0.2, 0.25) is 0 Å². The van der Waals surface area contributed by atoms with Crippen molar-refractivity contribution in [3.05, 3.63) is 39.9 Å². The van der Waals surface area contributed by atoms with E-state index in [2.05, 4.69) is 10.3 Å². The van der Waals surface area contributed by atoms with E-state index in [1.165, 1.54) is 18.5 Å². The Morgan fingerprint density at radius 1 is 1.41 bits per heavy atom. The highest BCUT2D eigenvalue weighted by molar-refractivity contribution is 5.43. The topological polar surface area (TPSA) is 49.3 Å². The minimum Gasteiger partial charge on any atom is -0.343 e. The van der Waals surface area contributed by atoms with Gasteiger partial charge in [0, 0.05) is 29.9 Å². The van der Waals surface area contributed by atoms with Gasteiger partial charge in [-0.05, 0) is 32.4 Å². The molecular weight excluding hydrogens is 214 g/mol. The number of hydrogen-bond acceptors (Lipinski definition) is 2. The van der Waals surface area contributed by atoms with Gasteiger partial charge in [0.25, 0.3) is 5.56 Å². The average molecular weight is 231 g/mol. The third kappa shape index (κ3) is 1.69. The predicted octanol–water partition coefficient (Wildman–Crippen LogP) is 1.40. The van der Waals surface area contributed by atoms with Crippen LogP contribution in [0, 0.1) is 6.92 Å². The summed E-state index contributed by atoms with van der Waals surface area (Å²) in [6, 6.07) is 5.36. The Morgan fingerprint density at radius 3 is 3.00 bits per heavy atom. The Labute approximate surface area is 99.7 Å². The van der Waals surface area contributed by atoms with Crippen LogP contribution in [-0.2, 0) is 0 Å². The summed E-state index contributed by atoms with van der Waals surface area (Å²) in [5, 5.41) is 3.41. The predicted molar refractivity (Wildman–Crippen MR) is 67.6 cm³/mol. The molecule has 0 radical (unpaired) electrons. The lowest BCUT2D eigenvalue weighted by atomic mass is 9.95. The van der Waals surface area contributed by atoms with Gasteiger partial charge in [0.1, 0.15) is 5.65 Å². The molecule has 0 aliphatic carbocycles. The maximum atomic E-state index is 11.8. The lowest BCUT2D eigenvalue weighted by molar-refractivity contribution is 0.454. The highest BCUT2D eigenvalue weighted by Crippen LogP contribution is 2.25. The Morgan fingerprint density at radius 2 is 2.29 bits per heavy atom. The van der Waals surface area contributed by atoms with Crippen LogP contribution in [0.1, 0.15) is 30.1 Å². The molecule has 1 atom stereocenters. The molecule has 0 bridgehead atoms. The average Bonchev–Trinajstić information content (AvgIpc) is 2.69. The van der Waals surface area contributed by atoms with E-state index in [0.29, 0.717) is 5.92 Å². The Hall–Kier alpha value is -1.55. The minimum atomic E-state index is 0.0475. The quantitative estimate of drug-likeness (QED) is 0.779. The first-order valence-electron chi connectivity index (χ1n) is 6.18. The monoisotopic (exact) mass is 231 g/mol. The van der Waals surface area contributed by atoms with Gasteiger partial charge >= 0.3 is 0 Å². The molecule has 3 heterocycles. The largest absolute Gasteiger partial charge is 0.343 e. The number of nitrogens with zero attached hydrogens (tertiary/aromatic N) is 1. The van der Waals surface area contributed by atoms with Crippen molar-refractivity contribution in [3.63, 3.8) is 0 Å². The van der Waals surface area contributed by atoms with E-state index >= 15 is 0 Å². The number of nitrogens with one attached hydrogen (secondary N) is 2. The van der Waals surface area contributed by atoms with E-state index in [0.717, 1.165) is 24.4 Å². The Balaban J connectivity index is 2.14. The number of aromatic nitrogens is 2. The van der Waals surface area contributed by atoms with Gasteiger partial charge in [-0.2, -0.15) is 0 Å². The summed E-state index contributed by atoms with van der Waals surface area (Å²) in [5.41, 5.74) is 3.21. The summed E-state index contributed by atoms with van der Waals surface area (Å²) in [4.78, 5) is 15.2. The molecule has 1 aliphatic heterocycles. The number of pyridine rings is 1. The van der Waals surface area contributed by atoms with E-state index in [1.54, 1.807) is 16.5 Å². The van der Waals surface area contributed by atoms with Crippen LogP contribution in [0.5, 0.6) is 0 Å². The van der Waals surface area contributed by atoms with Crippen molar-refractivity contribution < 1.29 is 0 Å². The molecule has 2 aromatic heterocycles. The number of piperidine rings is 1. The molecule has 4 heteroatoms. The van der Waals surface area contributed by atoms with Gasteiger partial charge in [0.2, 0.25) is 0 Å². The first-order chi connectivity index (χ1) is 8.27.